The van der Waals surface area contributed by atoms with Gasteiger partial charge in [0.15, 0.2) is 0 Å². The summed E-state index contributed by atoms with van der Waals surface area (Å²) in [5, 5.41) is 4.52. The summed E-state index contributed by atoms with van der Waals surface area (Å²) in [6, 6.07) is 5.58. The maximum Gasteiger partial charge on any atom is 0.252 e. The lowest BCUT2D eigenvalue weighted by Gasteiger charge is -2.26. The predicted octanol–water partition coefficient (Wildman–Crippen LogP) is 4.75. The van der Waals surface area contributed by atoms with Gasteiger partial charge in [-0.1, -0.05) is 40.4 Å². The van der Waals surface area contributed by atoms with Crippen molar-refractivity contribution < 1.29 is 4.79 Å². The Labute approximate surface area is 138 Å². The van der Waals surface area contributed by atoms with E-state index < -0.39 is 0 Å². The van der Waals surface area contributed by atoms with Gasteiger partial charge in [0.1, 0.15) is 0 Å². The van der Waals surface area contributed by atoms with Crippen LogP contribution in [0.3, 0.4) is 0 Å². The summed E-state index contributed by atoms with van der Waals surface area (Å²) in [4.78, 5) is 13.4. The third-order valence-corrected chi connectivity index (χ3v) is 6.23. The van der Waals surface area contributed by atoms with E-state index in [2.05, 4.69) is 21.2 Å². The molecule has 1 N–H and O–H groups in total. The largest absolute Gasteiger partial charge is 0.351 e. The van der Waals surface area contributed by atoms with Crippen LogP contribution in [-0.2, 0) is 0 Å². The first kappa shape index (κ1) is 16.2. The first-order chi connectivity index (χ1) is 9.60. The minimum atomic E-state index is -0.0712. The average molecular weight is 377 g/mol. The number of amides is 1. The highest BCUT2D eigenvalue weighted by Gasteiger charge is 2.33. The number of alkyl halides is 1. The van der Waals surface area contributed by atoms with E-state index in [1.807, 2.05) is 18.4 Å². The van der Waals surface area contributed by atoms with Gasteiger partial charge in [0.25, 0.3) is 5.91 Å². The highest BCUT2D eigenvalue weighted by Crippen LogP contribution is 2.39. The van der Waals surface area contributed by atoms with Gasteiger partial charge in [0, 0.05) is 16.8 Å². The number of benzene rings is 1. The van der Waals surface area contributed by atoms with E-state index in [1.54, 1.807) is 17.8 Å². The van der Waals surface area contributed by atoms with Crippen molar-refractivity contribution in [3.05, 3.63) is 28.8 Å². The van der Waals surface area contributed by atoms with Crippen LogP contribution in [0.2, 0.25) is 5.02 Å². The van der Waals surface area contributed by atoms with E-state index >= 15 is 0 Å². The van der Waals surface area contributed by atoms with Gasteiger partial charge >= 0.3 is 0 Å². The van der Waals surface area contributed by atoms with Crippen molar-refractivity contribution in [2.24, 2.45) is 5.41 Å². The fourth-order valence-corrected chi connectivity index (χ4v) is 4.05. The Morgan fingerprint density at radius 3 is 2.75 bits per heavy atom. The van der Waals surface area contributed by atoms with Gasteiger partial charge in [-0.15, -0.1) is 11.8 Å². The number of rotatable bonds is 5. The molecule has 0 aliphatic heterocycles. The summed E-state index contributed by atoms with van der Waals surface area (Å²) >= 11 is 11.3. The fourth-order valence-electron chi connectivity index (χ4n) is 2.65. The molecule has 1 fully saturated rings. The van der Waals surface area contributed by atoms with Crippen LogP contribution >= 0.6 is 39.3 Å². The maximum atomic E-state index is 12.3. The molecule has 2 rings (SSSR count). The number of carbonyl (C=O) groups is 1. The molecule has 20 heavy (non-hydrogen) atoms. The van der Waals surface area contributed by atoms with Gasteiger partial charge in [0.2, 0.25) is 0 Å². The zero-order chi connectivity index (χ0) is 14.6. The van der Waals surface area contributed by atoms with Gasteiger partial charge in [-0.25, -0.2) is 0 Å². The van der Waals surface area contributed by atoms with Crippen molar-refractivity contribution in [1.29, 1.82) is 0 Å². The Morgan fingerprint density at radius 2 is 2.15 bits per heavy atom. The van der Waals surface area contributed by atoms with Crippen molar-refractivity contribution >= 4 is 45.2 Å². The van der Waals surface area contributed by atoms with Crippen LogP contribution in [0.5, 0.6) is 0 Å². The summed E-state index contributed by atoms with van der Waals surface area (Å²) in [5.41, 5.74) is 0.792. The first-order valence-electron chi connectivity index (χ1n) is 6.78. The normalized spacial score (nSPS) is 17.1. The molecule has 1 amide bonds. The lowest BCUT2D eigenvalue weighted by Crippen LogP contribution is -2.37. The summed E-state index contributed by atoms with van der Waals surface area (Å²) in [5.74, 6) is -0.0712. The minimum Gasteiger partial charge on any atom is -0.351 e. The molecule has 1 aromatic carbocycles. The topological polar surface area (TPSA) is 29.1 Å². The van der Waals surface area contributed by atoms with Crippen molar-refractivity contribution in [3.8, 4) is 0 Å². The highest BCUT2D eigenvalue weighted by atomic mass is 79.9. The quantitative estimate of drug-likeness (QED) is 0.593. The number of carbonyl (C=O) groups excluding carboxylic acids is 1. The Kier molecular flexibility index (Phi) is 5.82. The van der Waals surface area contributed by atoms with Crippen LogP contribution in [0, 0.1) is 5.41 Å². The predicted molar refractivity (Wildman–Crippen MR) is 90.3 cm³/mol. The second-order valence-corrected chi connectivity index (χ2v) is 7.22. The molecule has 1 aliphatic carbocycles. The lowest BCUT2D eigenvalue weighted by atomic mass is 9.89. The van der Waals surface area contributed by atoms with E-state index in [0.29, 0.717) is 10.6 Å². The second kappa shape index (κ2) is 7.19. The Morgan fingerprint density at radius 1 is 1.45 bits per heavy atom. The second-order valence-electron chi connectivity index (χ2n) is 5.37. The van der Waals surface area contributed by atoms with E-state index in [4.69, 9.17) is 11.6 Å². The lowest BCUT2D eigenvalue weighted by molar-refractivity contribution is 0.0935. The van der Waals surface area contributed by atoms with Gasteiger partial charge in [-0.3, -0.25) is 4.79 Å². The Bertz CT molecular complexity index is 489. The standard InChI is InChI=1S/C15H19BrClNOS/c1-20-11-4-5-13(17)12(8-11)14(19)18-10-15(9-16)6-2-3-7-15/h4-5,8H,2-3,6-7,9-10H2,1H3,(H,18,19). The third kappa shape index (κ3) is 3.71. The monoisotopic (exact) mass is 375 g/mol. The molecule has 5 heteroatoms. The molecule has 0 aromatic heterocycles. The van der Waals surface area contributed by atoms with Crippen LogP contribution in [-0.4, -0.2) is 24.0 Å². The fraction of sp³-hybridized carbons (Fsp3) is 0.533. The average Bonchev–Trinajstić information content (AvgIpc) is 2.95. The van der Waals surface area contributed by atoms with Crippen molar-refractivity contribution in [2.45, 2.75) is 30.6 Å². The molecular formula is C15H19BrClNOS. The van der Waals surface area contributed by atoms with Crippen LogP contribution in [0.15, 0.2) is 23.1 Å². The zero-order valence-corrected chi connectivity index (χ0v) is 14.7. The van der Waals surface area contributed by atoms with E-state index in [-0.39, 0.29) is 11.3 Å². The maximum absolute atomic E-state index is 12.3. The Balaban J connectivity index is 2.04. The highest BCUT2D eigenvalue weighted by molar-refractivity contribution is 9.09. The van der Waals surface area contributed by atoms with Crippen molar-refractivity contribution in [1.82, 2.24) is 5.32 Å². The molecule has 0 heterocycles. The third-order valence-electron chi connectivity index (χ3n) is 3.99. The van der Waals surface area contributed by atoms with Gasteiger partial charge in [-0.2, -0.15) is 0 Å². The number of thioether (sulfide) groups is 1. The van der Waals surface area contributed by atoms with Gasteiger partial charge in [-0.05, 0) is 42.7 Å². The van der Waals surface area contributed by atoms with Crippen LogP contribution < -0.4 is 5.32 Å². The SMILES string of the molecule is CSc1ccc(Cl)c(C(=O)NCC2(CBr)CCCC2)c1. The Hall–Kier alpha value is -0.190. The van der Waals surface area contributed by atoms with Crippen molar-refractivity contribution in [2.75, 3.05) is 18.1 Å². The summed E-state index contributed by atoms with van der Waals surface area (Å²) in [7, 11) is 0. The van der Waals surface area contributed by atoms with Crippen LogP contribution in [0.25, 0.3) is 0 Å². The number of hydrogen-bond acceptors (Lipinski definition) is 2. The van der Waals surface area contributed by atoms with Gasteiger partial charge < -0.3 is 5.32 Å². The molecule has 0 unspecified atom stereocenters. The van der Waals surface area contributed by atoms with E-state index in [0.717, 1.165) is 16.8 Å². The summed E-state index contributed by atoms with van der Waals surface area (Å²) in [6.45, 7) is 0.719. The molecule has 1 aromatic rings. The molecule has 0 radical (unpaired) electrons. The molecule has 110 valence electrons. The summed E-state index contributed by atoms with van der Waals surface area (Å²) < 4.78 is 0. The molecular weight excluding hydrogens is 358 g/mol. The van der Waals surface area contributed by atoms with Gasteiger partial charge in [0.05, 0.1) is 10.6 Å². The van der Waals surface area contributed by atoms with Crippen LogP contribution in [0.4, 0.5) is 0 Å². The molecule has 0 bridgehead atoms. The molecule has 1 aliphatic rings. The van der Waals surface area contributed by atoms with Crippen LogP contribution in [0.1, 0.15) is 36.0 Å². The number of halogens is 2. The van der Waals surface area contributed by atoms with Crippen molar-refractivity contribution in [3.63, 3.8) is 0 Å². The molecule has 0 atom stereocenters. The zero-order valence-electron chi connectivity index (χ0n) is 11.5. The molecule has 2 nitrogen and oxygen atoms in total. The van der Waals surface area contributed by atoms with E-state index in [9.17, 15) is 4.79 Å². The minimum absolute atomic E-state index is 0.0712. The molecule has 0 spiro atoms. The number of nitrogens with one attached hydrogen (secondary N) is 1. The summed E-state index contributed by atoms with van der Waals surface area (Å²) in [6.07, 6.45) is 6.85. The molecule has 1 saturated carbocycles. The smallest absolute Gasteiger partial charge is 0.252 e. The first-order valence-corrected chi connectivity index (χ1v) is 9.50. The molecule has 0 saturated heterocycles. The van der Waals surface area contributed by atoms with E-state index in [1.165, 1.54) is 25.7 Å². The number of hydrogen-bond donors (Lipinski definition) is 1.